The maximum Gasteiger partial charge on any atom is 0.287 e. The third-order valence-electron chi connectivity index (χ3n) is 6.04. The molecule has 1 aliphatic rings. The van der Waals surface area contributed by atoms with Gasteiger partial charge in [0.1, 0.15) is 5.58 Å². The Labute approximate surface area is 199 Å². The van der Waals surface area contributed by atoms with Crippen LogP contribution in [0.4, 0.5) is 0 Å². The van der Waals surface area contributed by atoms with E-state index >= 15 is 0 Å². The number of carbonyl (C=O) groups is 1. The van der Waals surface area contributed by atoms with Gasteiger partial charge in [0, 0.05) is 17.6 Å². The normalized spacial score (nSPS) is 14.8. The van der Waals surface area contributed by atoms with E-state index in [-0.39, 0.29) is 35.5 Å². The van der Waals surface area contributed by atoms with Crippen molar-refractivity contribution in [2.75, 3.05) is 19.6 Å². The van der Waals surface area contributed by atoms with Gasteiger partial charge in [-0.25, -0.2) is 0 Å². The number of benzene rings is 2. The molecule has 1 unspecified atom stereocenters. The van der Waals surface area contributed by atoms with Crippen LogP contribution in [0.1, 0.15) is 53.1 Å². The summed E-state index contributed by atoms with van der Waals surface area (Å²) in [6.07, 6.45) is 3.33. The highest BCUT2D eigenvalue weighted by molar-refractivity contribution is 6.32. The van der Waals surface area contributed by atoms with Crippen molar-refractivity contribution < 1.29 is 9.21 Å². The van der Waals surface area contributed by atoms with Crippen molar-refractivity contribution in [3.63, 3.8) is 0 Å². The van der Waals surface area contributed by atoms with E-state index in [9.17, 15) is 9.59 Å². The number of rotatable bonds is 6. The molecular formula is C25H28Cl2N2O3. The van der Waals surface area contributed by atoms with E-state index in [0.717, 1.165) is 25.1 Å². The molecule has 3 aromatic rings. The number of halogens is 2. The zero-order chi connectivity index (χ0) is 22.0. The lowest BCUT2D eigenvalue weighted by Gasteiger charge is -2.28. The molecule has 32 heavy (non-hydrogen) atoms. The molecule has 0 saturated carbocycles. The van der Waals surface area contributed by atoms with Gasteiger partial charge >= 0.3 is 0 Å². The maximum atomic E-state index is 12.9. The summed E-state index contributed by atoms with van der Waals surface area (Å²) in [5.74, 6) is -0.373. The van der Waals surface area contributed by atoms with Crippen LogP contribution in [-0.2, 0) is 6.42 Å². The van der Waals surface area contributed by atoms with Crippen LogP contribution in [-0.4, -0.2) is 30.4 Å². The van der Waals surface area contributed by atoms with E-state index in [0.29, 0.717) is 22.5 Å². The molecule has 0 radical (unpaired) electrons. The first-order valence-electron chi connectivity index (χ1n) is 10.8. The van der Waals surface area contributed by atoms with Crippen molar-refractivity contribution in [3.8, 4) is 0 Å². The first kappa shape index (κ1) is 24.3. The van der Waals surface area contributed by atoms with Gasteiger partial charge in [0.25, 0.3) is 5.91 Å². The Bertz CT molecular complexity index is 1150. The molecular weight excluding hydrogens is 447 g/mol. The molecule has 7 heteroatoms. The Hall–Kier alpha value is -2.34. The van der Waals surface area contributed by atoms with Gasteiger partial charge in [0.2, 0.25) is 0 Å². The van der Waals surface area contributed by atoms with Crippen molar-refractivity contribution in [2.45, 2.75) is 39.2 Å². The molecule has 1 aromatic heterocycles. The van der Waals surface area contributed by atoms with Gasteiger partial charge in [-0.15, -0.1) is 12.4 Å². The topological polar surface area (TPSA) is 62.6 Å². The standard InChI is InChI=1S/C25H27ClN2O3.ClH/c1-3-17-6-8-18(9-7-17)21(28-10-4-5-11-28)15-27-25(30)24-14-22(29)19-13-20(26)16(2)12-23(19)31-24;/h6-9,12-14,21H,3-5,10-11,15H2,1-2H3,(H,27,30);1H. The fourth-order valence-electron chi connectivity index (χ4n) is 4.15. The van der Waals surface area contributed by atoms with E-state index < -0.39 is 0 Å². The fourth-order valence-corrected chi connectivity index (χ4v) is 4.32. The quantitative estimate of drug-likeness (QED) is 0.525. The molecule has 170 valence electrons. The molecule has 5 nitrogen and oxygen atoms in total. The molecule has 1 amide bonds. The minimum Gasteiger partial charge on any atom is -0.451 e. The largest absolute Gasteiger partial charge is 0.451 e. The summed E-state index contributed by atoms with van der Waals surface area (Å²) < 4.78 is 5.75. The Morgan fingerprint density at radius 1 is 1.16 bits per heavy atom. The number of nitrogens with one attached hydrogen (secondary N) is 1. The summed E-state index contributed by atoms with van der Waals surface area (Å²) in [6, 6.07) is 13.2. The summed E-state index contributed by atoms with van der Waals surface area (Å²) in [6.45, 7) is 6.45. The van der Waals surface area contributed by atoms with Crippen LogP contribution in [0, 0.1) is 6.92 Å². The second kappa shape index (κ2) is 10.5. The lowest BCUT2D eigenvalue weighted by molar-refractivity contribution is 0.0910. The molecule has 0 spiro atoms. The van der Waals surface area contributed by atoms with E-state index in [2.05, 4.69) is 41.4 Å². The van der Waals surface area contributed by atoms with E-state index in [4.69, 9.17) is 16.0 Å². The summed E-state index contributed by atoms with van der Waals surface area (Å²) in [4.78, 5) is 27.8. The molecule has 1 aliphatic heterocycles. The average Bonchev–Trinajstić information content (AvgIpc) is 3.30. The van der Waals surface area contributed by atoms with Gasteiger partial charge in [-0.1, -0.05) is 42.8 Å². The Balaban J connectivity index is 0.00000289. The highest BCUT2D eigenvalue weighted by Crippen LogP contribution is 2.26. The van der Waals surface area contributed by atoms with Crippen LogP contribution in [0.2, 0.25) is 5.02 Å². The first-order valence-corrected chi connectivity index (χ1v) is 11.2. The molecule has 0 bridgehead atoms. The average molecular weight is 475 g/mol. The zero-order valence-electron chi connectivity index (χ0n) is 18.3. The highest BCUT2D eigenvalue weighted by Gasteiger charge is 2.24. The third kappa shape index (κ3) is 5.17. The lowest BCUT2D eigenvalue weighted by atomic mass is 10.0. The minimum atomic E-state index is -0.388. The Morgan fingerprint density at radius 2 is 1.84 bits per heavy atom. The van der Waals surface area contributed by atoms with Gasteiger partial charge < -0.3 is 9.73 Å². The summed E-state index contributed by atoms with van der Waals surface area (Å²) in [7, 11) is 0. The van der Waals surface area contributed by atoms with Gasteiger partial charge in [0.15, 0.2) is 11.2 Å². The smallest absolute Gasteiger partial charge is 0.287 e. The third-order valence-corrected chi connectivity index (χ3v) is 6.45. The number of hydrogen-bond donors (Lipinski definition) is 1. The van der Waals surface area contributed by atoms with Gasteiger partial charge in [-0.2, -0.15) is 0 Å². The molecule has 4 rings (SSSR count). The Morgan fingerprint density at radius 3 is 2.50 bits per heavy atom. The maximum absolute atomic E-state index is 12.9. The molecule has 1 atom stereocenters. The number of aryl methyl sites for hydroxylation is 2. The predicted octanol–water partition coefficient (Wildman–Crippen LogP) is 5.31. The lowest BCUT2D eigenvalue weighted by Crippen LogP contribution is -2.37. The van der Waals surface area contributed by atoms with Crippen LogP contribution < -0.4 is 10.7 Å². The predicted molar refractivity (Wildman–Crippen MR) is 131 cm³/mol. The van der Waals surface area contributed by atoms with E-state index in [1.54, 1.807) is 12.1 Å². The van der Waals surface area contributed by atoms with E-state index in [1.807, 2.05) is 6.92 Å². The minimum absolute atomic E-state index is 0. The van der Waals surface area contributed by atoms with Crippen molar-refractivity contribution in [2.24, 2.45) is 0 Å². The molecule has 0 aliphatic carbocycles. The van der Waals surface area contributed by atoms with E-state index in [1.165, 1.54) is 30.0 Å². The fraction of sp³-hybridized carbons (Fsp3) is 0.360. The zero-order valence-corrected chi connectivity index (χ0v) is 19.9. The number of hydrogen-bond acceptors (Lipinski definition) is 4. The molecule has 2 aromatic carbocycles. The van der Waals surface area contributed by atoms with Crippen LogP contribution in [0.25, 0.3) is 11.0 Å². The number of fused-ring (bicyclic) bond motifs is 1. The Kier molecular flexibility index (Phi) is 7.99. The van der Waals surface area contributed by atoms with Crippen molar-refractivity contribution >= 4 is 40.9 Å². The van der Waals surface area contributed by atoms with Crippen molar-refractivity contribution in [3.05, 3.63) is 80.2 Å². The SMILES string of the molecule is CCc1ccc(C(CNC(=O)c2cc(=O)c3cc(Cl)c(C)cc3o2)N2CCCC2)cc1.Cl. The number of nitrogens with zero attached hydrogens (tertiary/aromatic N) is 1. The highest BCUT2D eigenvalue weighted by atomic mass is 35.5. The van der Waals surface area contributed by atoms with Crippen LogP contribution in [0.15, 0.2) is 51.7 Å². The summed E-state index contributed by atoms with van der Waals surface area (Å²) in [5.41, 5.74) is 3.36. The number of amides is 1. The summed E-state index contributed by atoms with van der Waals surface area (Å²) in [5, 5.41) is 3.85. The van der Waals surface area contributed by atoms with Gasteiger partial charge in [-0.05, 0) is 68.1 Å². The van der Waals surface area contributed by atoms with Gasteiger partial charge in [0.05, 0.1) is 11.4 Å². The van der Waals surface area contributed by atoms with Crippen LogP contribution >= 0.6 is 24.0 Å². The summed E-state index contributed by atoms with van der Waals surface area (Å²) >= 11 is 6.12. The number of likely N-dealkylation sites (tertiary alicyclic amines) is 1. The molecule has 1 fully saturated rings. The first-order chi connectivity index (χ1) is 15.0. The second-order valence-electron chi connectivity index (χ2n) is 8.14. The monoisotopic (exact) mass is 474 g/mol. The number of carbonyl (C=O) groups excluding carboxylic acids is 1. The van der Waals surface area contributed by atoms with Crippen molar-refractivity contribution in [1.82, 2.24) is 10.2 Å². The molecule has 1 saturated heterocycles. The van der Waals surface area contributed by atoms with Gasteiger partial charge in [-0.3, -0.25) is 14.5 Å². The molecule has 1 N–H and O–H groups in total. The van der Waals surface area contributed by atoms with Crippen LogP contribution in [0.3, 0.4) is 0 Å². The van der Waals surface area contributed by atoms with Crippen molar-refractivity contribution in [1.29, 1.82) is 0 Å². The second-order valence-corrected chi connectivity index (χ2v) is 8.54. The van der Waals surface area contributed by atoms with Crippen LogP contribution in [0.5, 0.6) is 0 Å². The molecule has 2 heterocycles.